The molecule has 2 nitrogen and oxygen atoms in total. The molecule has 1 saturated heterocycles. The second-order valence-corrected chi connectivity index (χ2v) is 4.36. The van der Waals surface area contributed by atoms with Crippen LogP contribution in [0.1, 0.15) is 24.9 Å². The number of benzene rings is 1. The fraction of sp³-hybridized carbons (Fsp3) is 0.417. The monoisotopic (exact) mass is 223 g/mol. The summed E-state index contributed by atoms with van der Waals surface area (Å²) >= 11 is 6.12. The van der Waals surface area contributed by atoms with Crippen LogP contribution in [0.15, 0.2) is 24.3 Å². The van der Waals surface area contributed by atoms with Gasteiger partial charge in [0, 0.05) is 24.0 Å². The summed E-state index contributed by atoms with van der Waals surface area (Å²) in [6, 6.07) is 8.05. The van der Waals surface area contributed by atoms with E-state index in [0.29, 0.717) is 18.7 Å². The lowest BCUT2D eigenvalue weighted by molar-refractivity contribution is -0.117. The average Bonchev–Trinajstić information content (AvgIpc) is 2.65. The molecular formula is C12H14ClNO. The van der Waals surface area contributed by atoms with E-state index < -0.39 is 0 Å². The first-order valence-electron chi connectivity index (χ1n) is 5.18. The number of Topliss-reactive ketones (excluding diaryl/α,β-unsaturated/α-hetero) is 1. The third kappa shape index (κ3) is 2.21. The molecule has 1 atom stereocenters. The minimum absolute atomic E-state index is 0.227. The first kappa shape index (κ1) is 10.7. The SMILES string of the molecule is CC(c1ccccc1Cl)N1CCC(=O)C1. The number of ketones is 1. The maximum Gasteiger partial charge on any atom is 0.148 e. The second kappa shape index (κ2) is 4.33. The number of likely N-dealkylation sites (tertiary alicyclic amines) is 1. The lowest BCUT2D eigenvalue weighted by atomic mass is 10.1. The molecule has 1 aromatic rings. The molecular weight excluding hydrogens is 210 g/mol. The Labute approximate surface area is 94.8 Å². The zero-order valence-corrected chi connectivity index (χ0v) is 9.50. The third-order valence-corrected chi connectivity index (χ3v) is 3.30. The van der Waals surface area contributed by atoms with Gasteiger partial charge in [-0.3, -0.25) is 9.69 Å². The largest absolute Gasteiger partial charge is 0.298 e. The Hall–Kier alpha value is -0.860. The van der Waals surface area contributed by atoms with Gasteiger partial charge in [0.1, 0.15) is 5.78 Å². The molecule has 1 aliphatic heterocycles. The molecule has 1 aromatic carbocycles. The Morgan fingerprint density at radius 2 is 2.13 bits per heavy atom. The predicted octanol–water partition coefficient (Wildman–Crippen LogP) is 2.68. The summed E-state index contributed by atoms with van der Waals surface area (Å²) in [6.07, 6.45) is 0.675. The van der Waals surface area contributed by atoms with Crippen molar-refractivity contribution < 1.29 is 4.79 Å². The van der Waals surface area contributed by atoms with Crippen LogP contribution < -0.4 is 0 Å². The van der Waals surface area contributed by atoms with E-state index in [1.165, 1.54) is 0 Å². The first-order chi connectivity index (χ1) is 7.18. The first-order valence-corrected chi connectivity index (χ1v) is 5.56. The normalized spacial score (nSPS) is 19.5. The van der Waals surface area contributed by atoms with Crippen LogP contribution in [0.2, 0.25) is 5.02 Å². The highest BCUT2D eigenvalue weighted by Crippen LogP contribution is 2.28. The molecule has 1 fully saturated rings. The number of carbonyl (C=O) groups is 1. The van der Waals surface area contributed by atoms with E-state index in [2.05, 4.69) is 11.8 Å². The predicted molar refractivity (Wildman–Crippen MR) is 61.1 cm³/mol. The van der Waals surface area contributed by atoms with Crippen LogP contribution in [0.4, 0.5) is 0 Å². The number of hydrogen-bond donors (Lipinski definition) is 0. The van der Waals surface area contributed by atoms with Crippen molar-refractivity contribution in [2.75, 3.05) is 13.1 Å². The molecule has 0 aliphatic carbocycles. The summed E-state index contributed by atoms with van der Waals surface area (Å²) in [5, 5.41) is 0.782. The van der Waals surface area contributed by atoms with E-state index in [1.807, 2.05) is 24.3 Å². The van der Waals surface area contributed by atoms with Gasteiger partial charge in [-0.05, 0) is 18.6 Å². The molecule has 0 N–H and O–H groups in total. The smallest absolute Gasteiger partial charge is 0.148 e. The molecule has 1 aliphatic rings. The van der Waals surface area contributed by atoms with Crippen molar-refractivity contribution in [3.63, 3.8) is 0 Å². The van der Waals surface area contributed by atoms with Gasteiger partial charge in [-0.15, -0.1) is 0 Å². The van der Waals surface area contributed by atoms with E-state index in [9.17, 15) is 4.79 Å². The van der Waals surface area contributed by atoms with Crippen LogP contribution >= 0.6 is 11.6 Å². The van der Waals surface area contributed by atoms with Crippen molar-refractivity contribution in [2.24, 2.45) is 0 Å². The van der Waals surface area contributed by atoms with E-state index in [0.717, 1.165) is 17.1 Å². The summed E-state index contributed by atoms with van der Waals surface area (Å²) in [7, 11) is 0. The molecule has 3 heteroatoms. The maximum absolute atomic E-state index is 11.2. The summed E-state index contributed by atoms with van der Waals surface area (Å²) in [6.45, 7) is 3.51. The summed E-state index contributed by atoms with van der Waals surface area (Å²) in [5.74, 6) is 0.328. The van der Waals surface area contributed by atoms with Gasteiger partial charge in [0.15, 0.2) is 0 Å². The Balaban J connectivity index is 2.17. The van der Waals surface area contributed by atoms with Gasteiger partial charge in [-0.25, -0.2) is 0 Å². The van der Waals surface area contributed by atoms with Crippen molar-refractivity contribution in [2.45, 2.75) is 19.4 Å². The topological polar surface area (TPSA) is 20.3 Å². The molecule has 80 valence electrons. The van der Waals surface area contributed by atoms with E-state index >= 15 is 0 Å². The van der Waals surface area contributed by atoms with E-state index in [4.69, 9.17) is 11.6 Å². The summed E-state index contributed by atoms with van der Waals surface area (Å²) < 4.78 is 0. The number of hydrogen-bond acceptors (Lipinski definition) is 2. The molecule has 15 heavy (non-hydrogen) atoms. The van der Waals surface area contributed by atoms with Crippen molar-refractivity contribution in [1.82, 2.24) is 4.90 Å². The Morgan fingerprint density at radius 1 is 1.40 bits per heavy atom. The lowest BCUT2D eigenvalue weighted by Crippen LogP contribution is -2.24. The van der Waals surface area contributed by atoms with Crippen LogP contribution in [0.5, 0.6) is 0 Å². The Bertz CT molecular complexity index is 378. The molecule has 1 heterocycles. The van der Waals surface area contributed by atoms with Crippen molar-refractivity contribution in [3.05, 3.63) is 34.9 Å². The van der Waals surface area contributed by atoms with E-state index in [1.54, 1.807) is 0 Å². The zero-order chi connectivity index (χ0) is 10.8. The zero-order valence-electron chi connectivity index (χ0n) is 8.74. The standard InChI is InChI=1S/C12H14ClNO/c1-9(14-7-6-10(15)8-14)11-4-2-3-5-12(11)13/h2-5,9H,6-8H2,1H3. The lowest BCUT2D eigenvalue weighted by Gasteiger charge is -2.24. The van der Waals surface area contributed by atoms with Crippen molar-refractivity contribution >= 4 is 17.4 Å². The van der Waals surface area contributed by atoms with Gasteiger partial charge in [0.2, 0.25) is 0 Å². The molecule has 2 rings (SSSR count). The second-order valence-electron chi connectivity index (χ2n) is 3.96. The quantitative estimate of drug-likeness (QED) is 0.769. The average molecular weight is 224 g/mol. The highest BCUT2D eigenvalue weighted by atomic mass is 35.5. The van der Waals surface area contributed by atoms with Crippen LogP contribution in [-0.4, -0.2) is 23.8 Å². The number of halogens is 1. The van der Waals surface area contributed by atoms with Gasteiger partial charge < -0.3 is 0 Å². The van der Waals surface area contributed by atoms with Crippen LogP contribution in [0, 0.1) is 0 Å². The van der Waals surface area contributed by atoms with Crippen LogP contribution in [-0.2, 0) is 4.79 Å². The molecule has 0 radical (unpaired) electrons. The van der Waals surface area contributed by atoms with Gasteiger partial charge in [-0.1, -0.05) is 29.8 Å². The molecule has 0 saturated carbocycles. The van der Waals surface area contributed by atoms with Crippen LogP contribution in [0.3, 0.4) is 0 Å². The number of nitrogens with zero attached hydrogens (tertiary/aromatic N) is 1. The van der Waals surface area contributed by atoms with Gasteiger partial charge in [0.25, 0.3) is 0 Å². The fourth-order valence-electron chi connectivity index (χ4n) is 1.99. The Morgan fingerprint density at radius 3 is 2.73 bits per heavy atom. The van der Waals surface area contributed by atoms with Gasteiger partial charge in [0.05, 0.1) is 6.54 Å². The summed E-state index contributed by atoms with van der Waals surface area (Å²) in [5.41, 5.74) is 1.11. The highest BCUT2D eigenvalue weighted by Gasteiger charge is 2.25. The fourth-order valence-corrected chi connectivity index (χ4v) is 2.29. The highest BCUT2D eigenvalue weighted by molar-refractivity contribution is 6.31. The van der Waals surface area contributed by atoms with Gasteiger partial charge in [-0.2, -0.15) is 0 Å². The van der Waals surface area contributed by atoms with Crippen LogP contribution in [0.25, 0.3) is 0 Å². The minimum Gasteiger partial charge on any atom is -0.298 e. The van der Waals surface area contributed by atoms with E-state index in [-0.39, 0.29) is 6.04 Å². The van der Waals surface area contributed by atoms with Crippen molar-refractivity contribution in [1.29, 1.82) is 0 Å². The third-order valence-electron chi connectivity index (χ3n) is 2.96. The van der Waals surface area contributed by atoms with Crippen molar-refractivity contribution in [3.8, 4) is 0 Å². The Kier molecular flexibility index (Phi) is 3.08. The number of rotatable bonds is 2. The summed E-state index contributed by atoms with van der Waals surface area (Å²) in [4.78, 5) is 13.4. The molecule has 0 aromatic heterocycles. The van der Waals surface area contributed by atoms with Gasteiger partial charge >= 0.3 is 0 Å². The molecule has 0 bridgehead atoms. The minimum atomic E-state index is 0.227. The molecule has 0 amide bonds. The molecule has 0 spiro atoms. The maximum atomic E-state index is 11.2. The molecule has 1 unspecified atom stereocenters. The number of carbonyl (C=O) groups excluding carboxylic acids is 1.